The third kappa shape index (κ3) is 3.23. The average molecular weight is 288 g/mol. The molecule has 0 saturated carbocycles. The van der Waals surface area contributed by atoms with Crippen LogP contribution in [-0.4, -0.2) is 7.11 Å². The molecule has 0 aliphatic heterocycles. The molecule has 102 valence electrons. The monoisotopic (exact) mass is 287 g/mol. The number of rotatable bonds is 4. The summed E-state index contributed by atoms with van der Waals surface area (Å²) in [5.74, 6) is 1.20. The molecule has 4 heteroatoms. The fourth-order valence-corrected chi connectivity index (χ4v) is 1.99. The van der Waals surface area contributed by atoms with Gasteiger partial charge >= 0.3 is 0 Å². The van der Waals surface area contributed by atoms with Gasteiger partial charge in [-0.25, -0.2) is 0 Å². The Morgan fingerprint density at radius 2 is 1.95 bits per heavy atom. The van der Waals surface area contributed by atoms with Gasteiger partial charge in [0.15, 0.2) is 0 Å². The highest BCUT2D eigenvalue weighted by Crippen LogP contribution is 2.26. The van der Waals surface area contributed by atoms with E-state index in [1.165, 1.54) is 0 Å². The Balaban J connectivity index is 2.15. The van der Waals surface area contributed by atoms with Crippen LogP contribution >= 0.6 is 11.6 Å². The van der Waals surface area contributed by atoms with Crippen molar-refractivity contribution in [2.24, 2.45) is 0 Å². The number of methoxy groups -OCH3 is 1. The molecule has 0 aliphatic rings. The summed E-state index contributed by atoms with van der Waals surface area (Å²) < 4.78 is 10.8. The predicted molar refractivity (Wildman–Crippen MR) is 78.2 cm³/mol. The molecule has 0 fully saturated rings. The minimum Gasteiger partial charge on any atom is -0.495 e. The SMILES string of the molecule is COc1ccc(COc2cc(C)ccc2Cl)cc1C#N. The number of aryl methyl sites for hydroxylation is 1. The second kappa shape index (κ2) is 6.31. The van der Waals surface area contributed by atoms with Crippen LogP contribution in [0, 0.1) is 18.3 Å². The summed E-state index contributed by atoms with van der Waals surface area (Å²) in [7, 11) is 1.54. The quantitative estimate of drug-likeness (QED) is 0.850. The fourth-order valence-electron chi connectivity index (χ4n) is 1.81. The second-order valence-corrected chi connectivity index (χ2v) is 4.78. The maximum absolute atomic E-state index is 9.05. The van der Waals surface area contributed by atoms with Gasteiger partial charge in [0.05, 0.1) is 17.7 Å². The lowest BCUT2D eigenvalue weighted by Gasteiger charge is -2.10. The van der Waals surface area contributed by atoms with Gasteiger partial charge in [-0.3, -0.25) is 0 Å². The molecule has 0 spiro atoms. The Morgan fingerprint density at radius 3 is 2.65 bits per heavy atom. The minimum absolute atomic E-state index is 0.349. The molecule has 0 N–H and O–H groups in total. The number of halogens is 1. The number of ether oxygens (including phenoxy) is 2. The van der Waals surface area contributed by atoms with E-state index in [0.717, 1.165) is 11.1 Å². The molecule has 2 rings (SSSR count). The van der Waals surface area contributed by atoms with E-state index in [0.29, 0.717) is 28.7 Å². The van der Waals surface area contributed by atoms with Gasteiger partial charge in [-0.05, 0) is 42.3 Å². The van der Waals surface area contributed by atoms with E-state index >= 15 is 0 Å². The van der Waals surface area contributed by atoms with Gasteiger partial charge in [0, 0.05) is 0 Å². The second-order valence-electron chi connectivity index (χ2n) is 4.37. The largest absolute Gasteiger partial charge is 0.495 e. The number of benzene rings is 2. The Labute approximate surface area is 123 Å². The van der Waals surface area contributed by atoms with Crippen molar-refractivity contribution in [1.29, 1.82) is 5.26 Å². The lowest BCUT2D eigenvalue weighted by Crippen LogP contribution is -1.98. The Kier molecular flexibility index (Phi) is 4.49. The van der Waals surface area contributed by atoms with Gasteiger partial charge in [-0.2, -0.15) is 5.26 Å². The summed E-state index contributed by atoms with van der Waals surface area (Å²) in [4.78, 5) is 0. The van der Waals surface area contributed by atoms with Crippen LogP contribution in [0.4, 0.5) is 0 Å². The zero-order chi connectivity index (χ0) is 14.5. The highest BCUT2D eigenvalue weighted by Gasteiger charge is 2.06. The first-order valence-electron chi connectivity index (χ1n) is 6.10. The van der Waals surface area contributed by atoms with Gasteiger partial charge in [0.1, 0.15) is 24.2 Å². The van der Waals surface area contributed by atoms with Crippen molar-refractivity contribution in [1.82, 2.24) is 0 Å². The first kappa shape index (κ1) is 14.2. The van der Waals surface area contributed by atoms with Gasteiger partial charge in [-0.15, -0.1) is 0 Å². The van der Waals surface area contributed by atoms with Crippen LogP contribution in [0.2, 0.25) is 5.02 Å². The molecule has 0 saturated heterocycles. The molecule has 3 nitrogen and oxygen atoms in total. The van der Waals surface area contributed by atoms with Gasteiger partial charge in [0.2, 0.25) is 0 Å². The number of hydrogen-bond donors (Lipinski definition) is 0. The lowest BCUT2D eigenvalue weighted by molar-refractivity contribution is 0.306. The van der Waals surface area contributed by atoms with Crippen molar-refractivity contribution in [2.45, 2.75) is 13.5 Å². The van der Waals surface area contributed by atoms with E-state index in [2.05, 4.69) is 6.07 Å². The number of nitriles is 1. The third-order valence-corrected chi connectivity index (χ3v) is 3.18. The Bertz CT molecular complexity index is 662. The summed E-state index contributed by atoms with van der Waals surface area (Å²) >= 11 is 6.07. The van der Waals surface area contributed by atoms with Crippen molar-refractivity contribution >= 4 is 11.6 Å². The zero-order valence-electron chi connectivity index (χ0n) is 11.3. The molecule has 0 radical (unpaired) electrons. The molecule has 20 heavy (non-hydrogen) atoms. The average Bonchev–Trinajstić information content (AvgIpc) is 2.47. The molecular weight excluding hydrogens is 274 g/mol. The summed E-state index contributed by atoms with van der Waals surface area (Å²) in [6.07, 6.45) is 0. The van der Waals surface area contributed by atoms with Crippen molar-refractivity contribution in [3.63, 3.8) is 0 Å². The smallest absolute Gasteiger partial charge is 0.138 e. The zero-order valence-corrected chi connectivity index (χ0v) is 12.1. The Morgan fingerprint density at radius 1 is 1.15 bits per heavy atom. The summed E-state index contributed by atoms with van der Waals surface area (Å²) in [5.41, 5.74) is 2.46. The summed E-state index contributed by atoms with van der Waals surface area (Å²) in [6, 6.07) is 13.1. The lowest BCUT2D eigenvalue weighted by atomic mass is 10.1. The van der Waals surface area contributed by atoms with E-state index in [1.807, 2.05) is 25.1 Å². The molecule has 0 aromatic heterocycles. The van der Waals surface area contributed by atoms with E-state index in [1.54, 1.807) is 25.3 Å². The van der Waals surface area contributed by atoms with Crippen LogP contribution in [-0.2, 0) is 6.61 Å². The maximum Gasteiger partial charge on any atom is 0.138 e. The molecule has 0 unspecified atom stereocenters. The Hall–Kier alpha value is -2.18. The van der Waals surface area contributed by atoms with Crippen molar-refractivity contribution in [3.8, 4) is 17.6 Å². The minimum atomic E-state index is 0.349. The normalized spacial score (nSPS) is 9.90. The summed E-state index contributed by atoms with van der Waals surface area (Å²) in [5, 5.41) is 9.62. The van der Waals surface area contributed by atoms with Gasteiger partial charge in [-0.1, -0.05) is 23.7 Å². The molecule has 0 amide bonds. The van der Waals surface area contributed by atoms with Crippen LogP contribution < -0.4 is 9.47 Å². The van der Waals surface area contributed by atoms with E-state index in [4.69, 9.17) is 26.3 Å². The van der Waals surface area contributed by atoms with Crippen molar-refractivity contribution in [3.05, 3.63) is 58.1 Å². The third-order valence-electron chi connectivity index (χ3n) is 2.87. The molecular formula is C16H14ClNO2. The number of hydrogen-bond acceptors (Lipinski definition) is 3. The van der Waals surface area contributed by atoms with Crippen LogP contribution in [0.1, 0.15) is 16.7 Å². The first-order valence-corrected chi connectivity index (χ1v) is 6.48. The molecule has 0 aliphatic carbocycles. The topological polar surface area (TPSA) is 42.2 Å². The standard InChI is InChI=1S/C16H14ClNO2/c1-11-3-5-14(17)16(7-11)20-10-12-4-6-15(19-2)13(8-12)9-18/h3-8H,10H2,1-2H3. The number of nitrogens with zero attached hydrogens (tertiary/aromatic N) is 1. The highest BCUT2D eigenvalue weighted by molar-refractivity contribution is 6.32. The van der Waals surface area contributed by atoms with Crippen molar-refractivity contribution in [2.75, 3.05) is 7.11 Å². The van der Waals surface area contributed by atoms with Crippen LogP contribution in [0.25, 0.3) is 0 Å². The molecule has 2 aromatic carbocycles. The van der Waals surface area contributed by atoms with Gasteiger partial charge < -0.3 is 9.47 Å². The van der Waals surface area contributed by atoms with E-state index in [-0.39, 0.29) is 0 Å². The van der Waals surface area contributed by atoms with E-state index < -0.39 is 0 Å². The summed E-state index contributed by atoms with van der Waals surface area (Å²) in [6.45, 7) is 2.33. The fraction of sp³-hybridized carbons (Fsp3) is 0.188. The van der Waals surface area contributed by atoms with Gasteiger partial charge in [0.25, 0.3) is 0 Å². The van der Waals surface area contributed by atoms with E-state index in [9.17, 15) is 0 Å². The van der Waals surface area contributed by atoms with Crippen LogP contribution in [0.15, 0.2) is 36.4 Å². The van der Waals surface area contributed by atoms with Crippen LogP contribution in [0.5, 0.6) is 11.5 Å². The predicted octanol–water partition coefficient (Wildman–Crippen LogP) is 4.11. The highest BCUT2D eigenvalue weighted by atomic mass is 35.5. The molecule has 2 aromatic rings. The molecule has 0 bridgehead atoms. The van der Waals surface area contributed by atoms with Crippen LogP contribution in [0.3, 0.4) is 0 Å². The first-order chi connectivity index (χ1) is 9.63. The maximum atomic E-state index is 9.05. The van der Waals surface area contributed by atoms with Crippen molar-refractivity contribution < 1.29 is 9.47 Å². The molecule has 0 atom stereocenters. The molecule has 0 heterocycles.